The molecule has 0 bridgehead atoms. The highest BCUT2D eigenvalue weighted by atomic mass is 79.9. The lowest BCUT2D eigenvalue weighted by molar-refractivity contribution is 0.333. The van der Waals surface area contributed by atoms with E-state index in [9.17, 15) is 0 Å². The van der Waals surface area contributed by atoms with Crippen LogP contribution in [0.1, 0.15) is 31.2 Å². The van der Waals surface area contributed by atoms with Gasteiger partial charge in [0, 0.05) is 15.9 Å². The summed E-state index contributed by atoms with van der Waals surface area (Å²) < 4.78 is 5.25. The first-order valence-corrected chi connectivity index (χ1v) is 4.88. The molecule has 1 aromatic rings. The fourth-order valence-corrected chi connectivity index (χ4v) is 1.66. The van der Waals surface area contributed by atoms with E-state index >= 15 is 0 Å². The van der Waals surface area contributed by atoms with Gasteiger partial charge in [-0.2, -0.15) is 0 Å². The molecule has 1 fully saturated rings. The Morgan fingerprint density at radius 1 is 1.42 bits per heavy atom. The summed E-state index contributed by atoms with van der Waals surface area (Å²) >= 11 is 3.13. The minimum absolute atomic E-state index is 0.262. The predicted octanol–water partition coefficient (Wildman–Crippen LogP) is 1.65. The number of hydrogen-bond donors (Lipinski definition) is 1. The molecule has 1 atom stereocenters. The van der Waals surface area contributed by atoms with Crippen LogP contribution in [0.5, 0.6) is 0 Å². The molecule has 12 heavy (non-hydrogen) atoms. The van der Waals surface area contributed by atoms with Crippen molar-refractivity contribution in [2.24, 2.45) is 0 Å². The van der Waals surface area contributed by atoms with E-state index in [1.54, 1.807) is 0 Å². The highest BCUT2D eigenvalue weighted by Crippen LogP contribution is 2.22. The van der Waals surface area contributed by atoms with Crippen molar-refractivity contribution in [1.29, 1.82) is 0 Å². The molecule has 0 aromatic carbocycles. The van der Waals surface area contributed by atoms with Crippen molar-refractivity contribution < 1.29 is 4.42 Å². The molecule has 0 amide bonds. The third kappa shape index (κ3) is 1.67. The molecule has 1 saturated heterocycles. The second kappa shape index (κ2) is 3.53. The Morgan fingerprint density at radius 2 is 2.33 bits per heavy atom. The molecule has 1 aliphatic rings. The molecule has 0 spiro atoms. The van der Waals surface area contributed by atoms with Crippen molar-refractivity contribution >= 4 is 15.9 Å². The lowest BCUT2D eigenvalue weighted by atomic mass is 10.1. The van der Waals surface area contributed by atoms with Gasteiger partial charge in [-0.3, -0.25) is 0 Å². The fraction of sp³-hybridized carbons (Fsp3) is 0.714. The van der Waals surface area contributed by atoms with Gasteiger partial charge in [0.1, 0.15) is 0 Å². The zero-order valence-corrected chi connectivity index (χ0v) is 8.17. The number of piperidine rings is 1. The van der Waals surface area contributed by atoms with Crippen molar-refractivity contribution in [2.45, 2.75) is 25.3 Å². The van der Waals surface area contributed by atoms with Gasteiger partial charge in [-0.25, -0.2) is 0 Å². The summed E-state index contributed by atoms with van der Waals surface area (Å²) in [5, 5.41) is 11.0. The van der Waals surface area contributed by atoms with Crippen LogP contribution in [0.4, 0.5) is 0 Å². The number of nitrogens with zero attached hydrogens (tertiary/aromatic N) is 2. The first kappa shape index (κ1) is 8.19. The Bertz CT molecular complexity index is 257. The van der Waals surface area contributed by atoms with Gasteiger partial charge in [0.05, 0.1) is 6.04 Å². The lowest BCUT2D eigenvalue weighted by Gasteiger charge is -2.19. The topological polar surface area (TPSA) is 51.0 Å². The standard InChI is InChI=1S/C7H10BrN3O/c8-7-11-10-6(12-7)5-3-1-2-4-9-5/h5,9H,1-4H2. The van der Waals surface area contributed by atoms with E-state index in [4.69, 9.17) is 4.42 Å². The molecule has 66 valence electrons. The Balaban J connectivity index is 2.08. The van der Waals surface area contributed by atoms with Crippen LogP contribution < -0.4 is 5.32 Å². The van der Waals surface area contributed by atoms with E-state index in [2.05, 4.69) is 31.4 Å². The number of aromatic nitrogens is 2. The van der Waals surface area contributed by atoms with E-state index < -0.39 is 0 Å². The normalized spacial score (nSPS) is 24.2. The van der Waals surface area contributed by atoms with Gasteiger partial charge in [0.15, 0.2) is 0 Å². The van der Waals surface area contributed by atoms with Crippen LogP contribution in [0.3, 0.4) is 0 Å². The molecule has 4 nitrogen and oxygen atoms in total. The van der Waals surface area contributed by atoms with Crippen LogP contribution in [0, 0.1) is 0 Å². The molecular weight excluding hydrogens is 222 g/mol. The van der Waals surface area contributed by atoms with Gasteiger partial charge >= 0.3 is 0 Å². The van der Waals surface area contributed by atoms with Crippen molar-refractivity contribution in [3.05, 3.63) is 10.7 Å². The Labute approximate surface area is 78.9 Å². The third-order valence-corrected chi connectivity index (χ3v) is 2.34. The first-order chi connectivity index (χ1) is 5.86. The van der Waals surface area contributed by atoms with Crippen LogP contribution in [0.25, 0.3) is 0 Å². The Hall–Kier alpha value is -0.420. The number of halogens is 1. The van der Waals surface area contributed by atoms with Crippen molar-refractivity contribution in [3.63, 3.8) is 0 Å². The zero-order chi connectivity index (χ0) is 8.39. The summed E-state index contributed by atoms with van der Waals surface area (Å²) in [6.45, 7) is 1.05. The molecule has 0 aliphatic carbocycles. The predicted molar refractivity (Wildman–Crippen MR) is 46.6 cm³/mol. The van der Waals surface area contributed by atoms with Gasteiger partial charge < -0.3 is 9.73 Å². The average Bonchev–Trinajstić information content (AvgIpc) is 2.54. The number of nitrogens with one attached hydrogen (secondary N) is 1. The largest absolute Gasteiger partial charge is 0.414 e. The zero-order valence-electron chi connectivity index (χ0n) is 6.59. The van der Waals surface area contributed by atoms with Gasteiger partial charge in [-0.15, -0.1) is 10.2 Å². The maximum atomic E-state index is 5.25. The van der Waals surface area contributed by atoms with Crippen molar-refractivity contribution in [2.75, 3.05) is 6.54 Å². The highest BCUT2D eigenvalue weighted by Gasteiger charge is 2.19. The summed E-state index contributed by atoms with van der Waals surface area (Å²) in [6, 6.07) is 0.262. The molecule has 1 N–H and O–H groups in total. The molecule has 0 radical (unpaired) electrons. The SMILES string of the molecule is Brc1nnc(C2CCCCN2)o1. The molecule has 5 heteroatoms. The summed E-state index contributed by atoms with van der Waals surface area (Å²) in [5.74, 6) is 0.696. The van der Waals surface area contributed by atoms with E-state index in [1.807, 2.05) is 0 Å². The quantitative estimate of drug-likeness (QED) is 0.799. The maximum absolute atomic E-state index is 5.25. The second-order valence-electron chi connectivity index (χ2n) is 2.90. The Morgan fingerprint density at radius 3 is 2.92 bits per heavy atom. The third-order valence-electron chi connectivity index (χ3n) is 2.02. The van der Waals surface area contributed by atoms with Gasteiger partial charge in [0.2, 0.25) is 5.89 Å². The Kier molecular flexibility index (Phi) is 2.41. The smallest absolute Gasteiger partial charge is 0.284 e. The monoisotopic (exact) mass is 231 g/mol. The van der Waals surface area contributed by atoms with Crippen LogP contribution >= 0.6 is 15.9 Å². The van der Waals surface area contributed by atoms with E-state index in [0.717, 1.165) is 13.0 Å². The molecule has 0 saturated carbocycles. The molecule has 1 aliphatic heterocycles. The van der Waals surface area contributed by atoms with E-state index in [0.29, 0.717) is 10.7 Å². The minimum Gasteiger partial charge on any atom is -0.414 e. The number of hydrogen-bond acceptors (Lipinski definition) is 4. The van der Waals surface area contributed by atoms with E-state index in [-0.39, 0.29) is 6.04 Å². The first-order valence-electron chi connectivity index (χ1n) is 4.08. The van der Waals surface area contributed by atoms with Gasteiger partial charge in [-0.1, -0.05) is 6.42 Å². The highest BCUT2D eigenvalue weighted by molar-refractivity contribution is 9.10. The van der Waals surface area contributed by atoms with Gasteiger partial charge in [-0.05, 0) is 19.4 Å². The van der Waals surface area contributed by atoms with Crippen LogP contribution in [0.15, 0.2) is 9.22 Å². The molecule has 1 unspecified atom stereocenters. The van der Waals surface area contributed by atoms with Crippen LogP contribution in [-0.4, -0.2) is 16.7 Å². The summed E-state index contributed by atoms with van der Waals surface area (Å²) in [6.07, 6.45) is 3.57. The van der Waals surface area contributed by atoms with Crippen LogP contribution in [-0.2, 0) is 0 Å². The molecular formula is C7H10BrN3O. The van der Waals surface area contributed by atoms with Crippen molar-refractivity contribution in [1.82, 2.24) is 15.5 Å². The fourth-order valence-electron chi connectivity index (χ4n) is 1.42. The molecule has 1 aromatic heterocycles. The summed E-state index contributed by atoms with van der Waals surface area (Å²) in [5.41, 5.74) is 0. The maximum Gasteiger partial charge on any atom is 0.284 e. The van der Waals surface area contributed by atoms with Crippen molar-refractivity contribution in [3.8, 4) is 0 Å². The lowest BCUT2D eigenvalue weighted by Crippen LogP contribution is -2.26. The second-order valence-corrected chi connectivity index (χ2v) is 3.57. The van der Waals surface area contributed by atoms with E-state index in [1.165, 1.54) is 12.8 Å². The minimum atomic E-state index is 0.262. The average molecular weight is 232 g/mol. The molecule has 2 rings (SSSR count). The summed E-state index contributed by atoms with van der Waals surface area (Å²) in [4.78, 5) is 0.463. The molecule has 2 heterocycles. The summed E-state index contributed by atoms with van der Waals surface area (Å²) in [7, 11) is 0. The number of rotatable bonds is 1. The van der Waals surface area contributed by atoms with Gasteiger partial charge in [0.25, 0.3) is 4.80 Å². The van der Waals surface area contributed by atoms with Crippen LogP contribution in [0.2, 0.25) is 0 Å².